The molecule has 19 heteroatoms. The lowest BCUT2D eigenvalue weighted by molar-refractivity contribution is -0.0388. The SMILES string of the molecule is Cc1cn([C@H]2C[C@H](O[PH](=S)OP(=O)(O)OP(=O)(O)O)[C@@H](CO[Si](C)(C)C(C)(C)C)O2)c(=O)[nH]c1=O. The van der Waals surface area contributed by atoms with Crippen LogP contribution in [0.4, 0.5) is 0 Å². The fourth-order valence-electron chi connectivity index (χ4n) is 2.84. The number of hydrogen-bond acceptors (Lipinski definition) is 10. The number of hydrogen-bond donors (Lipinski definition) is 4. The molecule has 1 fully saturated rings. The molecule has 2 unspecified atom stereocenters. The topological polar surface area (TPSA) is 196 Å². The molecule has 1 aliphatic heterocycles. The first-order chi connectivity index (χ1) is 15.7. The van der Waals surface area contributed by atoms with Crippen molar-refractivity contribution in [3.05, 3.63) is 32.6 Å². The fraction of sp³-hybridized carbons (Fsp3) is 0.750. The highest BCUT2D eigenvalue weighted by Crippen LogP contribution is 2.62. The van der Waals surface area contributed by atoms with Gasteiger partial charge >= 0.3 is 21.3 Å². The van der Waals surface area contributed by atoms with Crippen LogP contribution in [0.2, 0.25) is 18.1 Å². The highest BCUT2D eigenvalue weighted by atomic mass is 32.4. The molecule has 0 bridgehead atoms. The molecule has 14 nitrogen and oxygen atoms in total. The van der Waals surface area contributed by atoms with Crippen LogP contribution in [0.15, 0.2) is 15.8 Å². The summed E-state index contributed by atoms with van der Waals surface area (Å²) in [4.78, 5) is 53.3. The number of nitrogens with one attached hydrogen (secondary N) is 1. The second-order valence-corrected chi connectivity index (χ2v) is 19.3. The number of aromatic amines is 1. The molecular formula is C16H31N2O12P3SSi. The first-order valence-corrected chi connectivity index (χ1v) is 18.7. The molecule has 35 heavy (non-hydrogen) atoms. The largest absolute Gasteiger partial charge is 0.486 e. The summed E-state index contributed by atoms with van der Waals surface area (Å²) >= 11 is 4.99. The molecule has 0 aromatic carbocycles. The number of rotatable bonds is 10. The van der Waals surface area contributed by atoms with Crippen molar-refractivity contribution in [3.8, 4) is 0 Å². The predicted molar refractivity (Wildman–Crippen MR) is 132 cm³/mol. The van der Waals surface area contributed by atoms with Gasteiger partial charge in [0.05, 0.1) is 12.7 Å². The van der Waals surface area contributed by atoms with E-state index in [-0.39, 0.29) is 23.6 Å². The van der Waals surface area contributed by atoms with Gasteiger partial charge in [0.15, 0.2) is 15.5 Å². The molecule has 1 aromatic heterocycles. The molecule has 1 saturated heterocycles. The lowest BCUT2D eigenvalue weighted by atomic mass is 10.2. The number of aryl methyl sites for hydroxylation is 1. The van der Waals surface area contributed by atoms with E-state index < -0.39 is 60.8 Å². The molecule has 202 valence electrons. The Bertz CT molecular complexity index is 1160. The minimum absolute atomic E-state index is 0.0418. The number of H-pyrrole nitrogens is 1. The fourth-order valence-corrected chi connectivity index (χ4v) is 8.00. The molecule has 2 heterocycles. The molecule has 0 aliphatic carbocycles. The molecule has 0 radical (unpaired) electrons. The van der Waals surface area contributed by atoms with Crippen LogP contribution in [-0.4, -0.2) is 51.4 Å². The van der Waals surface area contributed by atoms with Crippen molar-refractivity contribution in [3.63, 3.8) is 0 Å². The second kappa shape index (κ2) is 11.2. The van der Waals surface area contributed by atoms with Gasteiger partial charge in [-0.2, -0.15) is 4.31 Å². The van der Waals surface area contributed by atoms with Gasteiger partial charge in [-0.05, 0) is 36.9 Å². The maximum Gasteiger partial charge on any atom is 0.486 e. The number of phosphoric acid groups is 2. The van der Waals surface area contributed by atoms with E-state index >= 15 is 0 Å². The molecule has 1 aromatic rings. The number of ether oxygens (including phenoxy) is 1. The molecule has 4 N–H and O–H groups in total. The Morgan fingerprint density at radius 3 is 2.43 bits per heavy atom. The quantitative estimate of drug-likeness (QED) is 0.227. The van der Waals surface area contributed by atoms with E-state index in [4.69, 9.17) is 35.3 Å². The van der Waals surface area contributed by atoms with E-state index in [0.29, 0.717) is 0 Å². The van der Waals surface area contributed by atoms with Gasteiger partial charge in [-0.25, -0.2) is 18.2 Å². The van der Waals surface area contributed by atoms with Gasteiger partial charge in [-0.15, -0.1) is 0 Å². The van der Waals surface area contributed by atoms with Crippen molar-refractivity contribution < 1.29 is 46.1 Å². The average molecular weight is 597 g/mol. The molecule has 0 amide bonds. The Balaban J connectivity index is 2.25. The van der Waals surface area contributed by atoms with Gasteiger partial charge < -0.3 is 28.4 Å². The zero-order valence-corrected chi connectivity index (χ0v) is 24.6. The molecule has 2 rings (SSSR count). The minimum atomic E-state index is -5.33. The van der Waals surface area contributed by atoms with Crippen molar-refractivity contribution in [2.24, 2.45) is 0 Å². The van der Waals surface area contributed by atoms with Crippen molar-refractivity contribution in [1.29, 1.82) is 0 Å². The smallest absolute Gasteiger partial charge is 0.414 e. The lowest BCUT2D eigenvalue weighted by Gasteiger charge is -2.37. The van der Waals surface area contributed by atoms with Gasteiger partial charge in [0, 0.05) is 18.2 Å². The molecule has 5 atom stereocenters. The standard InChI is InChI=1S/C16H31N2O12P3SSi/c1-10-8-18(15(20)17-14(10)19)13-7-11(12(27-13)9-26-35(5,6)16(2,3)4)28-31(34)29-33(24,25)30-32(21,22)23/h8,11-13,31H,7,9H2,1-6H3,(H,24,25)(H,17,19,20)(H2,21,22,23)/t11-,12+,13+/m0/s1. The highest BCUT2D eigenvalue weighted by Gasteiger charge is 2.43. The third-order valence-electron chi connectivity index (χ3n) is 5.70. The Morgan fingerprint density at radius 1 is 1.29 bits per heavy atom. The zero-order chi connectivity index (χ0) is 27.0. The van der Waals surface area contributed by atoms with Crippen LogP contribution in [0, 0.1) is 6.92 Å². The summed E-state index contributed by atoms with van der Waals surface area (Å²) < 4.78 is 50.1. The molecule has 0 spiro atoms. The first kappa shape index (κ1) is 30.9. The summed E-state index contributed by atoms with van der Waals surface area (Å²) in [5.74, 6) is 0. The van der Waals surface area contributed by atoms with Crippen molar-refractivity contribution in [2.45, 2.75) is 70.7 Å². The van der Waals surface area contributed by atoms with Crippen LogP contribution in [0.25, 0.3) is 0 Å². The van der Waals surface area contributed by atoms with Crippen LogP contribution >= 0.6 is 22.8 Å². The first-order valence-electron chi connectivity index (χ1n) is 10.3. The Morgan fingerprint density at radius 2 is 1.89 bits per heavy atom. The van der Waals surface area contributed by atoms with Crippen LogP contribution in [0.5, 0.6) is 0 Å². The van der Waals surface area contributed by atoms with Crippen molar-refractivity contribution in [1.82, 2.24) is 9.55 Å². The summed E-state index contributed by atoms with van der Waals surface area (Å²) in [7, 11) is -15.8. The van der Waals surface area contributed by atoms with Gasteiger partial charge in [-0.1, -0.05) is 20.8 Å². The second-order valence-electron chi connectivity index (χ2n) is 9.45. The Hall–Kier alpha value is -0.313. The number of aromatic nitrogens is 2. The van der Waals surface area contributed by atoms with Crippen LogP contribution in [0.1, 0.15) is 39.0 Å². The summed E-state index contributed by atoms with van der Waals surface area (Å²) in [6.07, 6.45) is -1.15. The summed E-state index contributed by atoms with van der Waals surface area (Å²) in [5.41, 5.74) is -0.966. The van der Waals surface area contributed by atoms with E-state index in [0.717, 1.165) is 0 Å². The maximum absolute atomic E-state index is 12.3. The lowest BCUT2D eigenvalue weighted by Crippen LogP contribution is -2.44. The summed E-state index contributed by atoms with van der Waals surface area (Å²) in [6, 6.07) is 0. The predicted octanol–water partition coefficient (Wildman–Crippen LogP) is 2.27. The van der Waals surface area contributed by atoms with Crippen molar-refractivity contribution >= 4 is 42.9 Å². The molecular weight excluding hydrogens is 565 g/mol. The average Bonchev–Trinajstić information content (AvgIpc) is 3.01. The van der Waals surface area contributed by atoms with E-state index in [9.17, 15) is 23.6 Å². The van der Waals surface area contributed by atoms with Gasteiger partial charge in [0.1, 0.15) is 12.3 Å². The highest BCUT2D eigenvalue weighted by molar-refractivity contribution is 8.02. The minimum Gasteiger partial charge on any atom is -0.414 e. The molecule has 0 saturated carbocycles. The summed E-state index contributed by atoms with van der Waals surface area (Å²) in [6.45, 7) is 11.8. The summed E-state index contributed by atoms with van der Waals surface area (Å²) in [5, 5.41) is -0.117. The molecule has 1 aliphatic rings. The number of nitrogens with zero attached hydrogens (tertiary/aromatic N) is 1. The van der Waals surface area contributed by atoms with E-state index in [1.165, 1.54) is 17.7 Å². The third kappa shape index (κ3) is 8.89. The Labute approximate surface area is 208 Å². The van der Waals surface area contributed by atoms with Crippen molar-refractivity contribution in [2.75, 3.05) is 6.61 Å². The normalized spacial score (nSPS) is 24.3. The van der Waals surface area contributed by atoms with Gasteiger partial charge in [0.2, 0.25) is 0 Å². The van der Waals surface area contributed by atoms with E-state index in [1.807, 2.05) is 33.9 Å². The van der Waals surface area contributed by atoms with Crippen LogP contribution < -0.4 is 11.2 Å². The monoisotopic (exact) mass is 596 g/mol. The van der Waals surface area contributed by atoms with Gasteiger partial charge in [-0.3, -0.25) is 14.3 Å². The van der Waals surface area contributed by atoms with Gasteiger partial charge in [0.25, 0.3) is 5.56 Å². The van der Waals surface area contributed by atoms with E-state index in [1.54, 1.807) is 0 Å². The zero-order valence-electron chi connectivity index (χ0n) is 20.0. The Kier molecular flexibility index (Phi) is 9.89. The maximum atomic E-state index is 12.3. The van der Waals surface area contributed by atoms with E-state index in [2.05, 4.69) is 13.6 Å². The van der Waals surface area contributed by atoms with Crippen LogP contribution in [-0.2, 0) is 43.2 Å². The van der Waals surface area contributed by atoms with Crippen LogP contribution in [0.3, 0.4) is 0 Å². The third-order valence-corrected chi connectivity index (χ3v) is 14.8.